The highest BCUT2D eigenvalue weighted by Crippen LogP contribution is 2.52. The van der Waals surface area contributed by atoms with Crippen molar-refractivity contribution in [1.82, 2.24) is 0 Å². The van der Waals surface area contributed by atoms with Crippen LogP contribution in [-0.4, -0.2) is 10.1 Å². The van der Waals surface area contributed by atoms with Gasteiger partial charge in [-0.1, -0.05) is 23.5 Å². The Morgan fingerprint density at radius 3 is 2.31 bits per heavy atom. The fraction of sp³-hybridized carbons (Fsp3) is 0.200. The number of thioether (sulfide) groups is 2. The van der Waals surface area contributed by atoms with Gasteiger partial charge in [0.1, 0.15) is 5.04 Å². The quantitative estimate of drug-likeness (QED) is 0.375. The maximum atomic E-state index is 8.55. The Kier molecular flexibility index (Phi) is 2.86. The van der Waals surface area contributed by atoms with Crippen LogP contribution in [0.1, 0.15) is 13.8 Å². The zero-order valence-electron chi connectivity index (χ0n) is 8.61. The number of rotatable bonds is 0. The molecule has 0 radical (unpaired) electrons. The largest absolute Gasteiger partial charge is 0.206 e. The topological polar surface area (TPSA) is 52.9 Å². The number of aliphatic imine (C=N–C) groups is 1. The molecular formula is C10H6N4S2. The number of nitriles is 1. The lowest BCUT2D eigenvalue weighted by atomic mass is 10.2. The monoisotopic (exact) mass is 246 g/mol. The van der Waals surface area contributed by atoms with Crippen LogP contribution >= 0.6 is 23.5 Å². The van der Waals surface area contributed by atoms with Gasteiger partial charge in [-0.2, -0.15) is 16.8 Å². The molecule has 2 heterocycles. The molecule has 16 heavy (non-hydrogen) atoms. The summed E-state index contributed by atoms with van der Waals surface area (Å²) < 4.78 is 0. The Morgan fingerprint density at radius 2 is 1.75 bits per heavy atom. The van der Waals surface area contributed by atoms with Crippen LogP contribution in [0.3, 0.4) is 0 Å². The van der Waals surface area contributed by atoms with E-state index in [4.69, 9.17) is 11.8 Å². The Balaban J connectivity index is 2.49. The number of nitrogens with zero attached hydrogens (tertiary/aromatic N) is 4. The first-order valence-electron chi connectivity index (χ1n) is 4.38. The molecule has 0 N–H and O–H groups in total. The molecule has 0 aromatic rings. The van der Waals surface area contributed by atoms with E-state index in [1.807, 2.05) is 13.8 Å². The summed E-state index contributed by atoms with van der Waals surface area (Å²) in [6.45, 7) is 10.6. The van der Waals surface area contributed by atoms with Crippen LogP contribution < -0.4 is 0 Å². The van der Waals surface area contributed by atoms with Crippen LogP contribution in [0.5, 0.6) is 0 Å². The third-order valence-corrected chi connectivity index (χ3v) is 4.95. The van der Waals surface area contributed by atoms with Gasteiger partial charge in [-0.3, -0.25) is 0 Å². The Morgan fingerprint density at radius 1 is 1.19 bits per heavy atom. The zero-order chi connectivity index (χ0) is 11.7. The van der Waals surface area contributed by atoms with Crippen molar-refractivity contribution in [3.8, 4) is 6.19 Å². The van der Waals surface area contributed by atoms with Crippen molar-refractivity contribution >= 4 is 33.6 Å². The summed E-state index contributed by atoms with van der Waals surface area (Å²) >= 11 is 2.96. The highest BCUT2D eigenvalue weighted by atomic mass is 32.2. The summed E-state index contributed by atoms with van der Waals surface area (Å²) in [6, 6.07) is 0. The first kappa shape index (κ1) is 11.0. The van der Waals surface area contributed by atoms with Gasteiger partial charge in [-0.05, 0) is 19.4 Å². The minimum Gasteiger partial charge on any atom is -0.181 e. The summed E-state index contributed by atoms with van der Waals surface area (Å²) in [5.41, 5.74) is 2.00. The van der Waals surface area contributed by atoms with E-state index in [0.29, 0.717) is 0 Å². The lowest BCUT2D eigenvalue weighted by Crippen LogP contribution is -1.91. The molecule has 0 saturated carbocycles. The van der Waals surface area contributed by atoms with E-state index in [2.05, 4.69) is 15.0 Å². The van der Waals surface area contributed by atoms with Crippen molar-refractivity contribution in [2.24, 2.45) is 10.1 Å². The van der Waals surface area contributed by atoms with Gasteiger partial charge < -0.3 is 0 Å². The van der Waals surface area contributed by atoms with E-state index in [1.165, 1.54) is 23.5 Å². The van der Waals surface area contributed by atoms with Gasteiger partial charge in [0.25, 0.3) is 0 Å². The van der Waals surface area contributed by atoms with Crippen molar-refractivity contribution in [1.29, 1.82) is 5.26 Å². The second-order valence-electron chi connectivity index (χ2n) is 3.13. The van der Waals surface area contributed by atoms with Crippen LogP contribution in [-0.2, 0) is 0 Å². The second kappa shape index (κ2) is 4.17. The van der Waals surface area contributed by atoms with Gasteiger partial charge in [-0.25, -0.2) is 0 Å². The molecule has 2 aliphatic heterocycles. The lowest BCUT2D eigenvalue weighted by Gasteiger charge is -1.95. The zero-order valence-corrected chi connectivity index (χ0v) is 10.2. The van der Waals surface area contributed by atoms with E-state index in [-0.39, 0.29) is 0 Å². The van der Waals surface area contributed by atoms with E-state index < -0.39 is 0 Å². The molecule has 0 aliphatic carbocycles. The van der Waals surface area contributed by atoms with Gasteiger partial charge in [0.15, 0.2) is 5.04 Å². The number of hydrogen-bond donors (Lipinski definition) is 0. The minimum atomic E-state index is 0.751. The maximum Gasteiger partial charge on any atom is 0.206 e. The van der Waals surface area contributed by atoms with Gasteiger partial charge in [0.05, 0.1) is 5.10 Å². The first-order valence-corrected chi connectivity index (χ1v) is 6.02. The molecule has 2 rings (SSSR count). The summed E-state index contributed by atoms with van der Waals surface area (Å²) in [5, 5.41) is 13.8. The smallest absolute Gasteiger partial charge is 0.181 e. The molecule has 0 aromatic carbocycles. The molecule has 0 aromatic heterocycles. The third kappa shape index (κ3) is 1.57. The van der Waals surface area contributed by atoms with E-state index >= 15 is 0 Å². The van der Waals surface area contributed by atoms with Crippen LogP contribution in [0, 0.1) is 18.0 Å². The SMILES string of the molecule is [C-]#[N+]/N=C1/SC2=C(C)C(=NC#N)SC2=C1C. The van der Waals surface area contributed by atoms with Crippen molar-refractivity contribution in [3.05, 3.63) is 32.5 Å². The molecule has 0 saturated heterocycles. The van der Waals surface area contributed by atoms with Gasteiger partial charge in [0.2, 0.25) is 6.19 Å². The highest BCUT2D eigenvalue weighted by Gasteiger charge is 2.35. The molecule has 0 atom stereocenters. The average molecular weight is 246 g/mol. The van der Waals surface area contributed by atoms with Crippen molar-refractivity contribution < 1.29 is 0 Å². The average Bonchev–Trinajstić information content (AvgIpc) is 2.71. The molecule has 4 nitrogen and oxygen atoms in total. The molecule has 6 heteroatoms. The molecule has 78 valence electrons. The molecule has 0 fully saturated rings. The lowest BCUT2D eigenvalue weighted by molar-refractivity contribution is 1.43. The minimum absolute atomic E-state index is 0.751. The Labute approximate surface area is 102 Å². The molecule has 0 unspecified atom stereocenters. The predicted molar refractivity (Wildman–Crippen MR) is 67.7 cm³/mol. The molecule has 0 amide bonds. The summed E-state index contributed by atoms with van der Waals surface area (Å²) in [7, 11) is 0. The van der Waals surface area contributed by atoms with Crippen molar-refractivity contribution in [2.45, 2.75) is 13.8 Å². The van der Waals surface area contributed by atoms with Crippen LogP contribution in [0.4, 0.5) is 0 Å². The first-order chi connectivity index (χ1) is 7.69. The maximum absolute atomic E-state index is 8.55. The molecule has 0 spiro atoms. The fourth-order valence-corrected chi connectivity index (χ4v) is 3.86. The van der Waals surface area contributed by atoms with E-state index in [1.54, 1.807) is 6.19 Å². The fourth-order valence-electron chi connectivity index (χ4n) is 1.42. The summed E-state index contributed by atoms with van der Waals surface area (Å²) in [5.74, 6) is 0. The number of hydrogen-bond acceptors (Lipinski definition) is 5. The van der Waals surface area contributed by atoms with Gasteiger partial charge >= 0.3 is 0 Å². The van der Waals surface area contributed by atoms with Crippen LogP contribution in [0.15, 0.2) is 31.1 Å². The molecule has 2 aliphatic rings. The highest BCUT2D eigenvalue weighted by molar-refractivity contribution is 8.24. The van der Waals surface area contributed by atoms with E-state index in [0.717, 1.165) is 31.0 Å². The standard InChI is InChI=1S/C10H6N4S2/c1-5-7-8(15-9(5)13-4-11)6(2)10(16-7)14-12-3/h1-2H3/b13-9?,14-10+. The van der Waals surface area contributed by atoms with Crippen molar-refractivity contribution in [2.75, 3.05) is 0 Å². The second-order valence-corrected chi connectivity index (χ2v) is 5.13. The van der Waals surface area contributed by atoms with E-state index in [9.17, 15) is 0 Å². The molecular weight excluding hydrogens is 240 g/mol. The molecule has 0 bridgehead atoms. The summed E-state index contributed by atoms with van der Waals surface area (Å²) in [6.07, 6.45) is 1.80. The van der Waals surface area contributed by atoms with Crippen molar-refractivity contribution in [3.63, 3.8) is 0 Å². The Bertz CT molecular complexity index is 515. The normalized spacial score (nSPS) is 24.0. The number of fused-ring (bicyclic) bond motifs is 1. The Hall–Kier alpha value is -1.50. The van der Waals surface area contributed by atoms with Gasteiger partial charge in [-0.15, -0.1) is 4.95 Å². The van der Waals surface area contributed by atoms with Gasteiger partial charge in [0, 0.05) is 15.4 Å². The van der Waals surface area contributed by atoms with Crippen LogP contribution in [0.25, 0.3) is 4.95 Å². The third-order valence-electron chi connectivity index (χ3n) is 2.22. The predicted octanol–water partition coefficient (Wildman–Crippen LogP) is 3.14. The van der Waals surface area contributed by atoms with Crippen LogP contribution in [0.2, 0.25) is 0 Å². The summed E-state index contributed by atoms with van der Waals surface area (Å²) in [4.78, 5) is 8.98.